The van der Waals surface area contributed by atoms with Crippen LogP contribution in [0.2, 0.25) is 0 Å². The molecule has 12 heavy (non-hydrogen) atoms. The van der Waals surface area contributed by atoms with Crippen molar-refractivity contribution >= 4 is 11.4 Å². The fourth-order valence-electron chi connectivity index (χ4n) is 1.31. The topological polar surface area (TPSA) is 52.0 Å². The third-order valence-corrected chi connectivity index (χ3v) is 1.88. The number of benzene rings is 1. The van der Waals surface area contributed by atoms with Crippen molar-refractivity contribution in [2.24, 2.45) is 5.73 Å². The number of anilines is 1. The molecule has 1 rings (SSSR count). The summed E-state index contributed by atoms with van der Waals surface area (Å²) in [6.07, 6.45) is 0.927. The van der Waals surface area contributed by atoms with Gasteiger partial charge in [-0.25, -0.2) is 0 Å². The van der Waals surface area contributed by atoms with E-state index in [0.29, 0.717) is 11.4 Å². The molecule has 64 valence electrons. The third-order valence-electron chi connectivity index (χ3n) is 1.88. The van der Waals surface area contributed by atoms with E-state index >= 15 is 0 Å². The Labute approximate surface area is 72.9 Å². The quantitative estimate of drug-likeness (QED) is 0.651. The summed E-state index contributed by atoms with van der Waals surface area (Å²) in [5, 5.41) is 0. The van der Waals surface area contributed by atoms with Gasteiger partial charge >= 0.3 is 0 Å². The maximum absolute atomic E-state index is 5.76. The molecule has 0 bridgehead atoms. The van der Waals surface area contributed by atoms with Crippen molar-refractivity contribution in [3.63, 3.8) is 0 Å². The van der Waals surface area contributed by atoms with Crippen LogP contribution in [0.5, 0.6) is 0 Å². The van der Waals surface area contributed by atoms with Crippen molar-refractivity contribution in [1.82, 2.24) is 0 Å². The largest absolute Gasteiger partial charge is 0.399 e. The maximum Gasteiger partial charge on any atom is 0.0411 e. The molecule has 0 unspecified atom stereocenters. The van der Waals surface area contributed by atoms with E-state index in [1.54, 1.807) is 0 Å². The lowest BCUT2D eigenvalue weighted by atomic mass is 10.0. The molecular formula is C10H14N2. The summed E-state index contributed by atoms with van der Waals surface area (Å²) in [4.78, 5) is 0. The average molecular weight is 162 g/mol. The SMILES string of the molecule is C=C(N)c1c(N)cccc1CC. The van der Waals surface area contributed by atoms with Crippen molar-refractivity contribution < 1.29 is 0 Å². The second-order valence-electron chi connectivity index (χ2n) is 2.76. The summed E-state index contributed by atoms with van der Waals surface area (Å²) in [5.41, 5.74) is 14.7. The van der Waals surface area contributed by atoms with Crippen LogP contribution in [-0.4, -0.2) is 0 Å². The molecule has 0 heterocycles. The first-order chi connectivity index (χ1) is 5.66. The van der Waals surface area contributed by atoms with Gasteiger partial charge in [0.1, 0.15) is 0 Å². The molecule has 0 spiro atoms. The lowest BCUT2D eigenvalue weighted by Crippen LogP contribution is -2.03. The van der Waals surface area contributed by atoms with Gasteiger partial charge in [0.25, 0.3) is 0 Å². The Balaban J connectivity index is 3.29. The van der Waals surface area contributed by atoms with E-state index in [0.717, 1.165) is 17.5 Å². The highest BCUT2D eigenvalue weighted by molar-refractivity contribution is 5.74. The van der Waals surface area contributed by atoms with Crippen molar-refractivity contribution in [1.29, 1.82) is 0 Å². The predicted molar refractivity (Wildman–Crippen MR) is 53.5 cm³/mol. The Kier molecular flexibility index (Phi) is 2.38. The standard InChI is InChI=1S/C10H14N2/c1-3-8-5-4-6-9(12)10(8)7(2)11/h4-6H,2-3,11-12H2,1H3. The summed E-state index contributed by atoms with van der Waals surface area (Å²) in [6, 6.07) is 5.79. The Hall–Kier alpha value is -1.44. The number of rotatable bonds is 2. The summed E-state index contributed by atoms with van der Waals surface area (Å²) >= 11 is 0. The predicted octanol–water partition coefficient (Wildman–Crippen LogP) is 1.76. The highest BCUT2D eigenvalue weighted by Gasteiger charge is 2.04. The zero-order valence-electron chi connectivity index (χ0n) is 7.30. The zero-order valence-corrected chi connectivity index (χ0v) is 7.30. The molecule has 0 radical (unpaired) electrons. The van der Waals surface area contributed by atoms with Gasteiger partial charge in [-0.1, -0.05) is 25.6 Å². The first kappa shape index (κ1) is 8.65. The van der Waals surface area contributed by atoms with E-state index in [9.17, 15) is 0 Å². The van der Waals surface area contributed by atoms with E-state index in [1.165, 1.54) is 0 Å². The van der Waals surface area contributed by atoms with Crippen LogP contribution in [0.1, 0.15) is 18.1 Å². The maximum atomic E-state index is 5.76. The van der Waals surface area contributed by atoms with Crippen LogP contribution < -0.4 is 11.5 Å². The molecule has 2 nitrogen and oxygen atoms in total. The van der Waals surface area contributed by atoms with Crippen molar-refractivity contribution in [2.45, 2.75) is 13.3 Å². The van der Waals surface area contributed by atoms with E-state index in [2.05, 4.69) is 13.5 Å². The van der Waals surface area contributed by atoms with Crippen LogP contribution in [0.15, 0.2) is 24.8 Å². The molecule has 0 aliphatic heterocycles. The fourth-order valence-corrected chi connectivity index (χ4v) is 1.31. The molecule has 0 saturated heterocycles. The molecular weight excluding hydrogens is 148 g/mol. The van der Waals surface area contributed by atoms with E-state index in [-0.39, 0.29) is 0 Å². The number of nitrogens with two attached hydrogens (primary N) is 2. The van der Waals surface area contributed by atoms with Crippen LogP contribution in [0.25, 0.3) is 5.70 Å². The molecule has 1 aromatic carbocycles. The second-order valence-corrected chi connectivity index (χ2v) is 2.76. The minimum absolute atomic E-state index is 0.546. The van der Waals surface area contributed by atoms with E-state index in [1.807, 2.05) is 18.2 Å². The summed E-state index contributed by atoms with van der Waals surface area (Å²) in [5.74, 6) is 0. The van der Waals surface area contributed by atoms with Gasteiger partial charge in [-0.15, -0.1) is 0 Å². The van der Waals surface area contributed by atoms with Gasteiger partial charge < -0.3 is 11.5 Å². The van der Waals surface area contributed by atoms with Gasteiger partial charge in [-0.3, -0.25) is 0 Å². The zero-order chi connectivity index (χ0) is 9.14. The number of hydrogen-bond donors (Lipinski definition) is 2. The molecule has 0 saturated carbocycles. The van der Waals surface area contributed by atoms with Crippen LogP contribution >= 0.6 is 0 Å². The number of aryl methyl sites for hydroxylation is 1. The minimum Gasteiger partial charge on any atom is -0.399 e. The van der Waals surface area contributed by atoms with Crippen molar-refractivity contribution in [2.75, 3.05) is 5.73 Å². The average Bonchev–Trinajstić information content (AvgIpc) is 2.03. The lowest BCUT2D eigenvalue weighted by molar-refractivity contribution is 1.13. The van der Waals surface area contributed by atoms with Crippen molar-refractivity contribution in [3.05, 3.63) is 35.9 Å². The Morgan fingerprint density at radius 3 is 2.58 bits per heavy atom. The summed E-state index contributed by atoms with van der Waals surface area (Å²) in [6.45, 7) is 5.76. The third kappa shape index (κ3) is 1.42. The van der Waals surface area contributed by atoms with Crippen molar-refractivity contribution in [3.8, 4) is 0 Å². The molecule has 0 fully saturated rings. The van der Waals surface area contributed by atoms with Gasteiger partial charge in [0, 0.05) is 16.9 Å². The highest BCUT2D eigenvalue weighted by Crippen LogP contribution is 2.21. The highest BCUT2D eigenvalue weighted by atomic mass is 14.6. The number of hydrogen-bond acceptors (Lipinski definition) is 2. The van der Waals surface area contributed by atoms with E-state index < -0.39 is 0 Å². The smallest absolute Gasteiger partial charge is 0.0411 e. The van der Waals surface area contributed by atoms with Gasteiger partial charge in [-0.05, 0) is 18.1 Å². The first-order valence-electron chi connectivity index (χ1n) is 3.99. The molecule has 0 amide bonds. The van der Waals surface area contributed by atoms with Gasteiger partial charge in [0.15, 0.2) is 0 Å². The Morgan fingerprint density at radius 2 is 2.17 bits per heavy atom. The molecule has 1 aromatic rings. The lowest BCUT2D eigenvalue weighted by Gasteiger charge is -2.09. The molecule has 0 atom stereocenters. The summed E-state index contributed by atoms with van der Waals surface area (Å²) < 4.78 is 0. The summed E-state index contributed by atoms with van der Waals surface area (Å²) in [7, 11) is 0. The van der Waals surface area contributed by atoms with Crippen LogP contribution in [-0.2, 0) is 6.42 Å². The van der Waals surface area contributed by atoms with E-state index in [4.69, 9.17) is 11.5 Å². The first-order valence-corrected chi connectivity index (χ1v) is 3.99. The Bertz CT molecular complexity index is 303. The molecule has 0 aliphatic carbocycles. The molecule has 2 heteroatoms. The normalized spacial score (nSPS) is 9.75. The van der Waals surface area contributed by atoms with Crippen LogP contribution in [0, 0.1) is 0 Å². The monoisotopic (exact) mass is 162 g/mol. The molecule has 0 aliphatic rings. The Morgan fingerprint density at radius 1 is 1.50 bits per heavy atom. The second kappa shape index (κ2) is 3.30. The molecule has 4 N–H and O–H groups in total. The molecule has 0 aromatic heterocycles. The number of nitrogen functional groups attached to an aromatic ring is 1. The van der Waals surface area contributed by atoms with Gasteiger partial charge in [0.05, 0.1) is 0 Å². The minimum atomic E-state index is 0.546. The van der Waals surface area contributed by atoms with Crippen LogP contribution in [0.4, 0.5) is 5.69 Å². The fraction of sp³-hybridized carbons (Fsp3) is 0.200. The van der Waals surface area contributed by atoms with Gasteiger partial charge in [0.2, 0.25) is 0 Å². The van der Waals surface area contributed by atoms with Crippen LogP contribution in [0.3, 0.4) is 0 Å². The van der Waals surface area contributed by atoms with Gasteiger partial charge in [-0.2, -0.15) is 0 Å².